The highest BCUT2D eigenvalue weighted by Gasteiger charge is 2.15. The molecule has 2 unspecified atom stereocenters. The smallest absolute Gasteiger partial charge is 0.120 e. The molecular formula is C20H23FN2O2. The molecule has 0 saturated carbocycles. The monoisotopic (exact) mass is 342 g/mol. The molecule has 4 nitrogen and oxygen atoms in total. The normalized spacial score (nSPS) is 16.7. The summed E-state index contributed by atoms with van der Waals surface area (Å²) in [5.74, 6) is 0.617. The molecule has 0 amide bonds. The highest BCUT2D eigenvalue weighted by atomic mass is 19.1. The Morgan fingerprint density at radius 1 is 1.24 bits per heavy atom. The van der Waals surface area contributed by atoms with Crippen molar-refractivity contribution in [3.05, 3.63) is 59.7 Å². The molecule has 3 rings (SSSR count). The van der Waals surface area contributed by atoms with Crippen LogP contribution in [0, 0.1) is 0 Å². The predicted octanol–water partition coefficient (Wildman–Crippen LogP) is 4.01. The Labute approximate surface area is 147 Å². The van der Waals surface area contributed by atoms with Gasteiger partial charge in [-0.05, 0) is 42.8 Å². The maximum Gasteiger partial charge on any atom is 0.120 e. The van der Waals surface area contributed by atoms with Gasteiger partial charge in [0.15, 0.2) is 0 Å². The second-order valence-corrected chi connectivity index (χ2v) is 6.00. The van der Waals surface area contributed by atoms with Crippen molar-refractivity contribution in [1.29, 1.82) is 0 Å². The topological polar surface area (TPSA) is 53.5 Å². The molecule has 1 aliphatic heterocycles. The summed E-state index contributed by atoms with van der Waals surface area (Å²) < 4.78 is 17.7. The molecule has 132 valence electrons. The maximum atomic E-state index is 12.3. The van der Waals surface area contributed by atoms with Crippen molar-refractivity contribution in [3.8, 4) is 5.75 Å². The van der Waals surface area contributed by atoms with E-state index in [2.05, 4.69) is 47.9 Å². The number of alkyl halides is 1. The quantitative estimate of drug-likeness (QED) is 0.712. The Kier molecular flexibility index (Phi) is 5.56. The third-order valence-electron chi connectivity index (χ3n) is 4.07. The average Bonchev–Trinajstić information content (AvgIpc) is 2.66. The molecule has 0 radical (unpaired) electrons. The van der Waals surface area contributed by atoms with Gasteiger partial charge in [0.1, 0.15) is 25.1 Å². The number of anilines is 2. The number of fused-ring (bicyclic) bond motifs is 1. The summed E-state index contributed by atoms with van der Waals surface area (Å²) in [7, 11) is 0. The zero-order valence-electron chi connectivity index (χ0n) is 14.2. The molecule has 1 heterocycles. The molecule has 2 aromatic rings. The summed E-state index contributed by atoms with van der Waals surface area (Å²) in [6, 6.07) is 14.1. The maximum absolute atomic E-state index is 12.3. The van der Waals surface area contributed by atoms with Crippen molar-refractivity contribution in [1.82, 2.24) is 0 Å². The van der Waals surface area contributed by atoms with E-state index in [1.807, 2.05) is 24.3 Å². The molecule has 0 spiro atoms. The number of aliphatic hydroxyl groups excluding tert-OH is 1. The van der Waals surface area contributed by atoms with Gasteiger partial charge in [0.05, 0.1) is 6.04 Å². The minimum atomic E-state index is -1.08. The van der Waals surface area contributed by atoms with Crippen LogP contribution in [0.4, 0.5) is 15.8 Å². The first-order valence-corrected chi connectivity index (χ1v) is 8.49. The molecule has 0 saturated heterocycles. The molecule has 5 heteroatoms. The van der Waals surface area contributed by atoms with E-state index in [4.69, 9.17) is 4.74 Å². The van der Waals surface area contributed by atoms with E-state index in [1.54, 1.807) is 0 Å². The minimum absolute atomic E-state index is 0.0484. The zero-order chi connectivity index (χ0) is 17.6. The van der Waals surface area contributed by atoms with Gasteiger partial charge in [-0.25, -0.2) is 4.39 Å². The Bertz CT molecular complexity index is 731. The number of rotatable bonds is 7. The van der Waals surface area contributed by atoms with E-state index < -0.39 is 12.8 Å². The molecule has 0 bridgehead atoms. The summed E-state index contributed by atoms with van der Waals surface area (Å²) in [5.41, 5.74) is 4.33. The Balaban J connectivity index is 1.68. The Hall–Kier alpha value is -2.53. The fourth-order valence-electron chi connectivity index (χ4n) is 2.76. The van der Waals surface area contributed by atoms with Crippen molar-refractivity contribution in [2.24, 2.45) is 0 Å². The van der Waals surface area contributed by atoms with Gasteiger partial charge in [-0.15, -0.1) is 0 Å². The molecular weight excluding hydrogens is 319 g/mol. The number of benzene rings is 2. The van der Waals surface area contributed by atoms with Crippen LogP contribution in [-0.2, 0) is 0 Å². The van der Waals surface area contributed by atoms with Crippen LogP contribution < -0.4 is 15.4 Å². The zero-order valence-corrected chi connectivity index (χ0v) is 14.2. The van der Waals surface area contributed by atoms with Gasteiger partial charge in [0, 0.05) is 23.5 Å². The van der Waals surface area contributed by atoms with E-state index in [-0.39, 0.29) is 12.6 Å². The average molecular weight is 342 g/mol. The lowest BCUT2D eigenvalue weighted by Crippen LogP contribution is -2.19. The van der Waals surface area contributed by atoms with Crippen LogP contribution in [0.1, 0.15) is 24.1 Å². The van der Waals surface area contributed by atoms with E-state index in [0.717, 1.165) is 23.5 Å². The fraction of sp³-hybridized carbons (Fsp3) is 0.300. The molecule has 2 aromatic carbocycles. The highest BCUT2D eigenvalue weighted by Crippen LogP contribution is 2.32. The first kappa shape index (κ1) is 17.3. The molecule has 3 N–H and O–H groups in total. The lowest BCUT2D eigenvalue weighted by molar-refractivity contribution is 0.0842. The van der Waals surface area contributed by atoms with Crippen molar-refractivity contribution in [2.45, 2.75) is 19.1 Å². The SMILES string of the molecule is CCNc1ccc(C2C=Cc3cc(OCC(O)CF)ccc3N2)cc1. The van der Waals surface area contributed by atoms with Crippen LogP contribution >= 0.6 is 0 Å². The number of aliphatic hydroxyl groups is 1. The van der Waals surface area contributed by atoms with Crippen molar-refractivity contribution >= 4 is 17.5 Å². The third-order valence-corrected chi connectivity index (χ3v) is 4.07. The van der Waals surface area contributed by atoms with Crippen LogP contribution in [0.3, 0.4) is 0 Å². The molecule has 0 aromatic heterocycles. The molecule has 0 aliphatic carbocycles. The number of ether oxygens (including phenoxy) is 1. The number of hydrogen-bond donors (Lipinski definition) is 3. The van der Waals surface area contributed by atoms with Crippen molar-refractivity contribution < 1.29 is 14.2 Å². The van der Waals surface area contributed by atoms with Gasteiger partial charge < -0.3 is 20.5 Å². The van der Waals surface area contributed by atoms with Crippen LogP contribution in [0.15, 0.2) is 48.5 Å². The first-order valence-electron chi connectivity index (χ1n) is 8.49. The summed E-state index contributed by atoms with van der Waals surface area (Å²) in [6.07, 6.45) is 3.07. The Morgan fingerprint density at radius 3 is 2.76 bits per heavy atom. The van der Waals surface area contributed by atoms with Gasteiger partial charge >= 0.3 is 0 Å². The first-order chi connectivity index (χ1) is 12.2. The molecule has 25 heavy (non-hydrogen) atoms. The summed E-state index contributed by atoms with van der Waals surface area (Å²) in [6.45, 7) is 2.13. The van der Waals surface area contributed by atoms with Crippen LogP contribution in [0.2, 0.25) is 0 Å². The van der Waals surface area contributed by atoms with Crippen LogP contribution in [0.25, 0.3) is 6.08 Å². The predicted molar refractivity (Wildman–Crippen MR) is 99.9 cm³/mol. The standard InChI is InChI=1S/C20H23FN2O2/c1-2-22-16-6-3-14(4-7-16)19-9-5-15-11-18(8-10-20(15)23-19)25-13-17(24)12-21/h3-11,17,19,22-24H,2,12-13H2,1H3. The van der Waals surface area contributed by atoms with Crippen LogP contribution in [-0.4, -0.2) is 31.0 Å². The van der Waals surface area contributed by atoms with E-state index >= 15 is 0 Å². The van der Waals surface area contributed by atoms with Gasteiger partial charge in [-0.1, -0.05) is 24.3 Å². The van der Waals surface area contributed by atoms with Gasteiger partial charge in [0.25, 0.3) is 0 Å². The summed E-state index contributed by atoms with van der Waals surface area (Å²) >= 11 is 0. The second kappa shape index (κ2) is 8.03. The van der Waals surface area contributed by atoms with E-state index in [9.17, 15) is 9.50 Å². The summed E-state index contributed by atoms with van der Waals surface area (Å²) in [4.78, 5) is 0. The van der Waals surface area contributed by atoms with Gasteiger partial charge in [-0.2, -0.15) is 0 Å². The van der Waals surface area contributed by atoms with Crippen LogP contribution in [0.5, 0.6) is 5.75 Å². The number of nitrogens with one attached hydrogen (secondary N) is 2. The van der Waals surface area contributed by atoms with E-state index in [0.29, 0.717) is 5.75 Å². The van der Waals surface area contributed by atoms with Crippen molar-refractivity contribution in [3.63, 3.8) is 0 Å². The lowest BCUT2D eigenvalue weighted by atomic mass is 9.99. The Morgan fingerprint density at radius 2 is 2.04 bits per heavy atom. The number of halogens is 1. The molecule has 0 fully saturated rings. The largest absolute Gasteiger partial charge is 0.491 e. The number of hydrogen-bond acceptors (Lipinski definition) is 4. The molecule has 2 atom stereocenters. The molecule has 1 aliphatic rings. The minimum Gasteiger partial charge on any atom is -0.491 e. The highest BCUT2D eigenvalue weighted by molar-refractivity contribution is 5.73. The van der Waals surface area contributed by atoms with Gasteiger partial charge in [-0.3, -0.25) is 0 Å². The second-order valence-electron chi connectivity index (χ2n) is 6.00. The fourth-order valence-corrected chi connectivity index (χ4v) is 2.76. The summed E-state index contributed by atoms with van der Waals surface area (Å²) in [5, 5.41) is 16.0. The van der Waals surface area contributed by atoms with E-state index in [1.165, 1.54) is 5.56 Å². The third kappa shape index (κ3) is 4.31. The van der Waals surface area contributed by atoms with Gasteiger partial charge in [0.2, 0.25) is 0 Å². The lowest BCUT2D eigenvalue weighted by Gasteiger charge is -2.23. The van der Waals surface area contributed by atoms with Crippen molar-refractivity contribution in [2.75, 3.05) is 30.5 Å².